The van der Waals surface area contributed by atoms with Crippen LogP contribution in [0, 0.1) is 0 Å². The maximum atomic E-state index is 12.5. The van der Waals surface area contributed by atoms with Gasteiger partial charge < -0.3 is 9.47 Å². The maximum absolute atomic E-state index is 12.5. The van der Waals surface area contributed by atoms with Gasteiger partial charge in [0.1, 0.15) is 18.1 Å². The van der Waals surface area contributed by atoms with Crippen LogP contribution in [0.15, 0.2) is 50.2 Å². The van der Waals surface area contributed by atoms with Crippen molar-refractivity contribution in [2.45, 2.75) is 4.90 Å². The summed E-state index contributed by atoms with van der Waals surface area (Å²) in [5, 5.41) is 0. The number of fused-ring (bicyclic) bond motifs is 1. The lowest BCUT2D eigenvalue weighted by Crippen LogP contribution is -2.18. The van der Waals surface area contributed by atoms with Crippen LogP contribution in [0.2, 0.25) is 0 Å². The Labute approximate surface area is 144 Å². The number of halogens is 2. The molecule has 0 unspecified atom stereocenters. The molecule has 1 aliphatic rings. The molecule has 1 heterocycles. The lowest BCUT2D eigenvalue weighted by Gasteiger charge is -2.20. The molecule has 1 aliphatic heterocycles. The normalized spacial score (nSPS) is 13.7. The number of ether oxygens (including phenoxy) is 2. The van der Waals surface area contributed by atoms with Crippen molar-refractivity contribution >= 4 is 47.6 Å². The van der Waals surface area contributed by atoms with Crippen molar-refractivity contribution in [3.05, 3.63) is 45.3 Å². The monoisotopic (exact) mass is 447 g/mol. The average molecular weight is 449 g/mol. The van der Waals surface area contributed by atoms with Crippen molar-refractivity contribution < 1.29 is 17.9 Å². The van der Waals surface area contributed by atoms with Gasteiger partial charge in [0.15, 0.2) is 11.5 Å². The first-order chi connectivity index (χ1) is 10.5. The van der Waals surface area contributed by atoms with Gasteiger partial charge in [0.05, 0.1) is 0 Å². The Hall–Kier alpha value is -1.25. The Morgan fingerprint density at radius 1 is 0.955 bits per heavy atom. The molecule has 2 aromatic carbocycles. The first-order valence-electron chi connectivity index (χ1n) is 6.33. The van der Waals surface area contributed by atoms with Gasteiger partial charge >= 0.3 is 0 Å². The second kappa shape index (κ2) is 6.10. The molecule has 5 nitrogen and oxygen atoms in total. The highest BCUT2D eigenvalue weighted by Crippen LogP contribution is 2.37. The Bertz CT molecular complexity index is 806. The van der Waals surface area contributed by atoms with Crippen molar-refractivity contribution in [3.8, 4) is 11.5 Å². The van der Waals surface area contributed by atoms with Gasteiger partial charge in [0, 0.05) is 20.7 Å². The summed E-state index contributed by atoms with van der Waals surface area (Å²) >= 11 is 6.58. The van der Waals surface area contributed by atoms with Crippen molar-refractivity contribution in [3.63, 3.8) is 0 Å². The molecule has 0 spiro atoms. The van der Waals surface area contributed by atoms with Crippen LogP contribution in [0.25, 0.3) is 0 Å². The number of nitrogens with one attached hydrogen (secondary N) is 1. The van der Waals surface area contributed by atoms with Gasteiger partial charge in [-0.25, -0.2) is 8.42 Å². The molecule has 1 N–H and O–H groups in total. The zero-order chi connectivity index (χ0) is 15.7. The quantitative estimate of drug-likeness (QED) is 0.775. The number of hydrogen-bond acceptors (Lipinski definition) is 4. The number of hydrogen-bond donors (Lipinski definition) is 1. The summed E-state index contributed by atoms with van der Waals surface area (Å²) in [6, 6.07) is 9.93. The van der Waals surface area contributed by atoms with Crippen LogP contribution in [0.4, 0.5) is 5.69 Å². The minimum Gasteiger partial charge on any atom is -0.486 e. The van der Waals surface area contributed by atoms with Gasteiger partial charge in [-0.1, -0.05) is 15.9 Å². The summed E-state index contributed by atoms with van der Waals surface area (Å²) in [7, 11) is -3.74. The minimum atomic E-state index is -3.74. The molecule has 2 aromatic rings. The summed E-state index contributed by atoms with van der Waals surface area (Å²) in [6.07, 6.45) is 0. The van der Waals surface area contributed by atoms with E-state index in [2.05, 4.69) is 36.6 Å². The molecule has 116 valence electrons. The zero-order valence-corrected chi connectivity index (χ0v) is 15.2. The summed E-state index contributed by atoms with van der Waals surface area (Å²) in [5.74, 6) is 0.950. The third kappa shape index (κ3) is 3.23. The molecule has 0 fully saturated rings. The maximum Gasteiger partial charge on any atom is 0.263 e. The summed E-state index contributed by atoms with van der Waals surface area (Å²) in [5.41, 5.74) is 0.477. The van der Waals surface area contributed by atoms with E-state index in [4.69, 9.17) is 9.47 Å². The van der Waals surface area contributed by atoms with Gasteiger partial charge in [-0.05, 0) is 46.3 Å². The molecular formula is C14H11Br2NO4S. The Balaban J connectivity index is 1.96. The van der Waals surface area contributed by atoms with Crippen LogP contribution in [-0.4, -0.2) is 21.6 Å². The van der Waals surface area contributed by atoms with Crippen LogP contribution < -0.4 is 14.2 Å². The van der Waals surface area contributed by atoms with Crippen molar-refractivity contribution in [1.29, 1.82) is 0 Å². The lowest BCUT2D eigenvalue weighted by atomic mass is 10.3. The van der Waals surface area contributed by atoms with E-state index in [9.17, 15) is 8.42 Å². The fraction of sp³-hybridized carbons (Fsp3) is 0.143. The SMILES string of the molecule is O=S(=O)(Nc1ccc(Br)cc1)c1cc2c(cc1Br)OCCO2. The van der Waals surface area contributed by atoms with Crippen LogP contribution in [0.1, 0.15) is 0 Å². The molecule has 0 saturated carbocycles. The Kier molecular flexibility index (Phi) is 4.33. The summed E-state index contributed by atoms with van der Waals surface area (Å²) in [4.78, 5) is 0.0969. The van der Waals surface area contributed by atoms with E-state index in [1.807, 2.05) is 0 Å². The van der Waals surface area contributed by atoms with Crippen LogP contribution in [0.5, 0.6) is 11.5 Å². The molecule has 0 radical (unpaired) electrons. The van der Waals surface area contributed by atoms with Crippen LogP contribution in [-0.2, 0) is 10.0 Å². The summed E-state index contributed by atoms with van der Waals surface area (Å²) in [6.45, 7) is 0.844. The largest absolute Gasteiger partial charge is 0.486 e. The molecule has 22 heavy (non-hydrogen) atoms. The number of rotatable bonds is 3. The highest BCUT2D eigenvalue weighted by Gasteiger charge is 2.23. The van der Waals surface area contributed by atoms with E-state index in [-0.39, 0.29) is 4.90 Å². The minimum absolute atomic E-state index is 0.0969. The molecule has 0 amide bonds. The van der Waals surface area contributed by atoms with Gasteiger partial charge in [-0.2, -0.15) is 0 Å². The van der Waals surface area contributed by atoms with E-state index in [0.717, 1.165) is 4.47 Å². The van der Waals surface area contributed by atoms with Crippen LogP contribution >= 0.6 is 31.9 Å². The molecule has 0 bridgehead atoms. The van der Waals surface area contributed by atoms with Crippen molar-refractivity contribution in [2.75, 3.05) is 17.9 Å². The fourth-order valence-corrected chi connectivity index (χ4v) is 4.34. The van der Waals surface area contributed by atoms with E-state index in [1.165, 1.54) is 6.07 Å². The van der Waals surface area contributed by atoms with E-state index < -0.39 is 10.0 Å². The molecule has 8 heteroatoms. The summed E-state index contributed by atoms with van der Waals surface area (Å²) < 4.78 is 39.8. The second-order valence-electron chi connectivity index (χ2n) is 4.54. The third-order valence-electron chi connectivity index (χ3n) is 2.98. The third-order valence-corrected chi connectivity index (χ3v) is 5.85. The van der Waals surface area contributed by atoms with Gasteiger partial charge in [0.25, 0.3) is 10.0 Å². The average Bonchev–Trinajstić information content (AvgIpc) is 2.48. The molecule has 3 rings (SSSR count). The number of benzene rings is 2. The van der Waals surface area contributed by atoms with Crippen LogP contribution in [0.3, 0.4) is 0 Å². The highest BCUT2D eigenvalue weighted by molar-refractivity contribution is 9.10. The molecule has 0 saturated heterocycles. The predicted octanol–water partition coefficient (Wildman–Crippen LogP) is 3.78. The van der Waals surface area contributed by atoms with Crippen molar-refractivity contribution in [2.24, 2.45) is 0 Å². The highest BCUT2D eigenvalue weighted by atomic mass is 79.9. The lowest BCUT2D eigenvalue weighted by molar-refractivity contribution is 0.171. The molecule has 0 aromatic heterocycles. The second-order valence-corrected chi connectivity index (χ2v) is 7.96. The van der Waals surface area contributed by atoms with Crippen molar-refractivity contribution in [1.82, 2.24) is 0 Å². The topological polar surface area (TPSA) is 64.6 Å². The number of anilines is 1. The first kappa shape index (κ1) is 15.6. The number of sulfonamides is 1. The van der Waals surface area contributed by atoms with E-state index in [0.29, 0.717) is 34.9 Å². The fourth-order valence-electron chi connectivity index (χ4n) is 1.98. The smallest absolute Gasteiger partial charge is 0.263 e. The molecule has 0 aliphatic carbocycles. The Morgan fingerprint density at radius 2 is 1.55 bits per heavy atom. The van der Waals surface area contributed by atoms with Gasteiger partial charge in [0.2, 0.25) is 0 Å². The van der Waals surface area contributed by atoms with Gasteiger partial charge in [-0.3, -0.25) is 4.72 Å². The first-order valence-corrected chi connectivity index (χ1v) is 9.40. The standard InChI is InChI=1S/C14H11Br2NO4S/c15-9-1-3-10(4-2-9)17-22(18,19)14-8-13-12(7-11(14)16)20-5-6-21-13/h1-4,7-8,17H,5-6H2. The molecule has 0 atom stereocenters. The van der Waals surface area contributed by atoms with E-state index in [1.54, 1.807) is 30.3 Å². The zero-order valence-electron chi connectivity index (χ0n) is 11.2. The molecular weight excluding hydrogens is 438 g/mol. The van der Waals surface area contributed by atoms with E-state index >= 15 is 0 Å². The Morgan fingerprint density at radius 3 is 2.18 bits per heavy atom. The predicted molar refractivity (Wildman–Crippen MR) is 90.1 cm³/mol. The van der Waals surface area contributed by atoms with Gasteiger partial charge in [-0.15, -0.1) is 0 Å².